The fourth-order valence-electron chi connectivity index (χ4n) is 2.42. The first-order valence-corrected chi connectivity index (χ1v) is 7.84. The first-order valence-electron chi connectivity index (χ1n) is 7.84. The number of piperidine rings is 1. The molecule has 1 amide bonds. The van der Waals surface area contributed by atoms with E-state index in [2.05, 4.69) is 20.6 Å². The highest BCUT2D eigenvalue weighted by Crippen LogP contribution is 2.09. The monoisotopic (exact) mass is 303 g/mol. The Labute approximate surface area is 132 Å². The van der Waals surface area contributed by atoms with Crippen molar-refractivity contribution in [2.45, 2.75) is 31.7 Å². The molecule has 0 aliphatic carbocycles. The average molecular weight is 303 g/mol. The summed E-state index contributed by atoms with van der Waals surface area (Å²) in [7, 11) is 3.78. The van der Waals surface area contributed by atoms with Crippen LogP contribution in [-0.4, -0.2) is 49.1 Å². The van der Waals surface area contributed by atoms with Crippen molar-refractivity contribution in [3.05, 3.63) is 24.0 Å². The second-order valence-corrected chi connectivity index (χ2v) is 5.77. The molecule has 2 heterocycles. The molecule has 1 saturated heterocycles. The Morgan fingerprint density at radius 2 is 2.18 bits per heavy atom. The molecule has 22 heavy (non-hydrogen) atoms. The van der Waals surface area contributed by atoms with Gasteiger partial charge in [-0.2, -0.15) is 0 Å². The molecular weight excluding hydrogens is 278 g/mol. The lowest BCUT2D eigenvalue weighted by molar-refractivity contribution is -0.116. The Morgan fingerprint density at radius 3 is 2.82 bits per heavy atom. The van der Waals surface area contributed by atoms with Gasteiger partial charge in [0.15, 0.2) is 0 Å². The van der Waals surface area contributed by atoms with E-state index in [-0.39, 0.29) is 5.91 Å². The molecule has 1 aliphatic heterocycles. The minimum Gasteiger partial charge on any atom is -0.352 e. The topological polar surface area (TPSA) is 70.2 Å². The van der Waals surface area contributed by atoms with E-state index in [9.17, 15) is 4.79 Å². The summed E-state index contributed by atoms with van der Waals surface area (Å²) in [6.45, 7) is 1.80. The minimum atomic E-state index is -0.0764. The van der Waals surface area contributed by atoms with Crippen molar-refractivity contribution in [3.63, 3.8) is 0 Å². The summed E-state index contributed by atoms with van der Waals surface area (Å²) in [6, 6.07) is 0.546. The van der Waals surface area contributed by atoms with Gasteiger partial charge in [-0.05, 0) is 31.9 Å². The predicted molar refractivity (Wildman–Crippen MR) is 88.7 cm³/mol. The molecule has 1 aliphatic rings. The molecule has 2 N–H and O–H groups in total. The Morgan fingerprint density at radius 1 is 1.41 bits per heavy atom. The first kappa shape index (κ1) is 16.4. The summed E-state index contributed by atoms with van der Waals surface area (Å²) in [5.74, 6) is 0.578. The number of nitrogens with one attached hydrogen (secondary N) is 2. The lowest BCUT2D eigenvalue weighted by atomic mass is 10.0. The number of carbonyl (C=O) groups is 1. The zero-order valence-corrected chi connectivity index (χ0v) is 13.4. The molecule has 2 rings (SSSR count). The van der Waals surface area contributed by atoms with Gasteiger partial charge in [-0.25, -0.2) is 9.97 Å². The van der Waals surface area contributed by atoms with Crippen molar-refractivity contribution in [3.8, 4) is 0 Å². The molecular formula is C16H25N5O. The molecule has 0 radical (unpaired) electrons. The summed E-state index contributed by atoms with van der Waals surface area (Å²) in [5, 5.41) is 6.39. The third-order valence-electron chi connectivity index (χ3n) is 3.69. The third kappa shape index (κ3) is 5.44. The van der Waals surface area contributed by atoms with Crippen LogP contribution in [0.25, 0.3) is 6.08 Å². The fraction of sp³-hybridized carbons (Fsp3) is 0.562. The zero-order chi connectivity index (χ0) is 15.8. The van der Waals surface area contributed by atoms with Gasteiger partial charge in [-0.1, -0.05) is 6.42 Å². The number of aromatic nitrogens is 2. The number of hydrogen-bond acceptors (Lipinski definition) is 5. The molecule has 1 atom stereocenters. The van der Waals surface area contributed by atoms with Gasteiger partial charge in [0.2, 0.25) is 11.9 Å². The highest BCUT2D eigenvalue weighted by molar-refractivity contribution is 5.91. The summed E-state index contributed by atoms with van der Waals surface area (Å²) in [5.41, 5.74) is 0.815. The molecule has 0 aromatic carbocycles. The van der Waals surface area contributed by atoms with Crippen LogP contribution < -0.4 is 15.5 Å². The highest BCUT2D eigenvalue weighted by atomic mass is 16.1. The second kappa shape index (κ2) is 8.48. The number of anilines is 1. The maximum absolute atomic E-state index is 11.8. The summed E-state index contributed by atoms with van der Waals surface area (Å²) >= 11 is 0. The van der Waals surface area contributed by atoms with Crippen molar-refractivity contribution in [2.24, 2.45) is 0 Å². The van der Waals surface area contributed by atoms with Crippen LogP contribution in [0.2, 0.25) is 0 Å². The van der Waals surface area contributed by atoms with E-state index in [0.29, 0.717) is 18.5 Å². The highest BCUT2D eigenvalue weighted by Gasteiger charge is 2.11. The van der Waals surface area contributed by atoms with Crippen molar-refractivity contribution in [1.29, 1.82) is 0 Å². The summed E-state index contributed by atoms with van der Waals surface area (Å²) < 4.78 is 0. The van der Waals surface area contributed by atoms with Crippen LogP contribution in [0.5, 0.6) is 0 Å². The van der Waals surface area contributed by atoms with Crippen LogP contribution in [0.4, 0.5) is 5.95 Å². The molecule has 1 aromatic rings. The SMILES string of the molecule is CN(C)c1ncc(C=CC(=O)NCCC2CCCCN2)cn1. The van der Waals surface area contributed by atoms with Gasteiger partial charge in [-0.15, -0.1) is 0 Å². The van der Waals surface area contributed by atoms with Crippen LogP contribution in [0.3, 0.4) is 0 Å². The van der Waals surface area contributed by atoms with Gasteiger partial charge in [-0.3, -0.25) is 4.79 Å². The molecule has 0 bridgehead atoms. The molecule has 0 saturated carbocycles. The van der Waals surface area contributed by atoms with Gasteiger partial charge in [0.25, 0.3) is 0 Å². The summed E-state index contributed by atoms with van der Waals surface area (Å²) in [4.78, 5) is 22.0. The maximum atomic E-state index is 11.8. The lowest BCUT2D eigenvalue weighted by Gasteiger charge is -2.23. The average Bonchev–Trinajstić information content (AvgIpc) is 2.54. The number of carbonyl (C=O) groups excluding carboxylic acids is 1. The molecule has 120 valence electrons. The van der Waals surface area contributed by atoms with E-state index in [1.54, 1.807) is 18.5 Å². The van der Waals surface area contributed by atoms with E-state index >= 15 is 0 Å². The van der Waals surface area contributed by atoms with Crippen molar-refractivity contribution < 1.29 is 4.79 Å². The second-order valence-electron chi connectivity index (χ2n) is 5.77. The summed E-state index contributed by atoms with van der Waals surface area (Å²) in [6.07, 6.45) is 11.4. The maximum Gasteiger partial charge on any atom is 0.244 e. The first-order chi connectivity index (χ1) is 10.6. The zero-order valence-electron chi connectivity index (χ0n) is 13.4. The van der Waals surface area contributed by atoms with Crippen molar-refractivity contribution in [2.75, 3.05) is 32.1 Å². The van der Waals surface area contributed by atoms with Crippen LogP contribution in [-0.2, 0) is 4.79 Å². The van der Waals surface area contributed by atoms with Crippen LogP contribution >= 0.6 is 0 Å². The number of nitrogens with zero attached hydrogens (tertiary/aromatic N) is 3. The lowest BCUT2D eigenvalue weighted by Crippen LogP contribution is -2.37. The van der Waals surface area contributed by atoms with E-state index in [1.165, 1.54) is 25.3 Å². The van der Waals surface area contributed by atoms with Gasteiger partial charge < -0.3 is 15.5 Å². The van der Waals surface area contributed by atoms with Gasteiger partial charge in [0.05, 0.1) is 0 Å². The van der Waals surface area contributed by atoms with Crippen LogP contribution in [0, 0.1) is 0 Å². The standard InChI is InChI=1S/C16H25N5O/c1-21(2)16-19-11-13(12-20-16)6-7-15(22)18-10-8-14-5-3-4-9-17-14/h6-7,11-12,14,17H,3-5,8-10H2,1-2H3,(H,18,22). The van der Waals surface area contributed by atoms with E-state index < -0.39 is 0 Å². The van der Waals surface area contributed by atoms with E-state index in [0.717, 1.165) is 18.5 Å². The predicted octanol–water partition coefficient (Wildman–Crippen LogP) is 1.20. The smallest absolute Gasteiger partial charge is 0.244 e. The Kier molecular flexibility index (Phi) is 6.33. The number of amides is 1. The van der Waals surface area contributed by atoms with Crippen LogP contribution in [0.1, 0.15) is 31.2 Å². The van der Waals surface area contributed by atoms with Crippen molar-refractivity contribution >= 4 is 17.9 Å². The van der Waals surface area contributed by atoms with Gasteiger partial charge in [0.1, 0.15) is 0 Å². The molecule has 1 fully saturated rings. The molecule has 1 unspecified atom stereocenters. The molecule has 1 aromatic heterocycles. The number of rotatable bonds is 6. The van der Waals surface area contributed by atoms with Crippen LogP contribution in [0.15, 0.2) is 18.5 Å². The fourth-order valence-corrected chi connectivity index (χ4v) is 2.42. The Bertz CT molecular complexity index is 492. The molecule has 6 nitrogen and oxygen atoms in total. The largest absolute Gasteiger partial charge is 0.352 e. The molecule has 0 spiro atoms. The van der Waals surface area contributed by atoms with Crippen molar-refractivity contribution in [1.82, 2.24) is 20.6 Å². The number of hydrogen-bond donors (Lipinski definition) is 2. The Hall–Kier alpha value is -1.95. The van der Waals surface area contributed by atoms with E-state index in [1.807, 2.05) is 19.0 Å². The van der Waals surface area contributed by atoms with Gasteiger partial charge in [0, 0.05) is 50.7 Å². The quantitative estimate of drug-likeness (QED) is 0.773. The minimum absolute atomic E-state index is 0.0764. The Balaban J connectivity index is 1.71. The molecule has 6 heteroatoms. The van der Waals surface area contributed by atoms with Gasteiger partial charge >= 0.3 is 0 Å². The van der Waals surface area contributed by atoms with E-state index in [4.69, 9.17) is 0 Å². The third-order valence-corrected chi connectivity index (χ3v) is 3.69. The normalized spacial score (nSPS) is 18.4.